The van der Waals surface area contributed by atoms with Crippen LogP contribution in [0.1, 0.15) is 62.7 Å². The van der Waals surface area contributed by atoms with E-state index in [1.54, 1.807) is 0 Å². The highest BCUT2D eigenvalue weighted by Crippen LogP contribution is 2.37. The van der Waals surface area contributed by atoms with Gasteiger partial charge in [-0.3, -0.25) is 0 Å². The first-order valence-corrected chi connectivity index (χ1v) is 8.15. The lowest BCUT2D eigenvalue weighted by Crippen LogP contribution is -2.01. The molecule has 1 heterocycles. The van der Waals surface area contributed by atoms with Crippen molar-refractivity contribution in [1.29, 1.82) is 0 Å². The Kier molecular flexibility index (Phi) is 5.71. The van der Waals surface area contributed by atoms with Gasteiger partial charge in [0.15, 0.2) is 0 Å². The predicted molar refractivity (Wildman–Crippen MR) is 81.7 cm³/mol. The Morgan fingerprint density at radius 3 is 2.84 bits per heavy atom. The maximum Gasteiger partial charge on any atom is 0.128 e. The number of hydrogen-bond acceptors (Lipinski definition) is 2. The molecule has 0 saturated carbocycles. The Morgan fingerprint density at radius 1 is 1.26 bits per heavy atom. The summed E-state index contributed by atoms with van der Waals surface area (Å²) in [6, 6.07) is 4.10. The van der Waals surface area contributed by atoms with E-state index in [1.165, 1.54) is 31.2 Å². The van der Waals surface area contributed by atoms with Crippen molar-refractivity contribution in [1.82, 2.24) is 0 Å². The maximum atomic E-state index is 10.4. The van der Waals surface area contributed by atoms with Gasteiger partial charge < -0.3 is 9.84 Å². The van der Waals surface area contributed by atoms with E-state index in [2.05, 4.69) is 28.9 Å². The predicted octanol–water partition coefficient (Wildman–Crippen LogP) is 4.78. The monoisotopic (exact) mass is 326 g/mol. The van der Waals surface area contributed by atoms with Crippen molar-refractivity contribution in [3.63, 3.8) is 0 Å². The van der Waals surface area contributed by atoms with Gasteiger partial charge in [-0.05, 0) is 24.1 Å². The molecule has 1 aliphatic heterocycles. The van der Waals surface area contributed by atoms with Gasteiger partial charge in [-0.2, -0.15) is 0 Å². The van der Waals surface area contributed by atoms with Crippen molar-refractivity contribution >= 4 is 15.9 Å². The van der Waals surface area contributed by atoms with Crippen LogP contribution >= 0.6 is 15.9 Å². The van der Waals surface area contributed by atoms with Gasteiger partial charge in [0, 0.05) is 16.5 Å². The standard InChI is InChI=1S/C16H23BrO2/c1-2-3-4-5-6-7-15(18)14-11-13(17)10-12-8-9-19-16(12)14/h10-11,15,18H,2-9H2,1H3. The second kappa shape index (κ2) is 7.30. The Morgan fingerprint density at radius 2 is 2.05 bits per heavy atom. The Hall–Kier alpha value is -0.540. The van der Waals surface area contributed by atoms with Crippen molar-refractivity contribution < 1.29 is 9.84 Å². The summed E-state index contributed by atoms with van der Waals surface area (Å²) in [5.41, 5.74) is 2.17. The van der Waals surface area contributed by atoms with E-state index in [9.17, 15) is 5.11 Å². The third-order valence-corrected chi connectivity index (χ3v) is 4.18. The molecule has 2 nitrogen and oxygen atoms in total. The van der Waals surface area contributed by atoms with Crippen LogP contribution in [0.3, 0.4) is 0 Å². The minimum Gasteiger partial charge on any atom is -0.493 e. The molecule has 0 aliphatic carbocycles. The summed E-state index contributed by atoms with van der Waals surface area (Å²) in [5, 5.41) is 10.4. The van der Waals surface area contributed by atoms with Crippen LogP contribution in [-0.4, -0.2) is 11.7 Å². The maximum absolute atomic E-state index is 10.4. The second-order valence-corrected chi connectivity index (χ2v) is 6.22. The quantitative estimate of drug-likeness (QED) is 0.731. The molecule has 0 spiro atoms. The van der Waals surface area contributed by atoms with Gasteiger partial charge in [-0.25, -0.2) is 0 Å². The molecule has 19 heavy (non-hydrogen) atoms. The molecule has 106 valence electrons. The molecular weight excluding hydrogens is 304 g/mol. The van der Waals surface area contributed by atoms with E-state index in [1.807, 2.05) is 6.07 Å². The van der Waals surface area contributed by atoms with Crippen molar-refractivity contribution in [3.8, 4) is 5.75 Å². The van der Waals surface area contributed by atoms with Gasteiger partial charge in [-0.1, -0.05) is 55.0 Å². The third kappa shape index (κ3) is 3.96. The highest BCUT2D eigenvalue weighted by atomic mass is 79.9. The smallest absolute Gasteiger partial charge is 0.128 e. The minimum atomic E-state index is -0.397. The molecule has 3 heteroatoms. The lowest BCUT2D eigenvalue weighted by molar-refractivity contribution is 0.159. The van der Waals surface area contributed by atoms with Gasteiger partial charge in [0.1, 0.15) is 5.75 Å². The van der Waals surface area contributed by atoms with Crippen molar-refractivity contribution in [2.24, 2.45) is 0 Å². The molecule has 0 amide bonds. The van der Waals surface area contributed by atoms with Crippen LogP contribution < -0.4 is 4.74 Å². The van der Waals surface area contributed by atoms with Gasteiger partial charge in [-0.15, -0.1) is 0 Å². The molecule has 1 aliphatic rings. The Labute approximate surface area is 124 Å². The van der Waals surface area contributed by atoms with Crippen LogP contribution in [0.2, 0.25) is 0 Å². The molecule has 0 radical (unpaired) electrons. The van der Waals surface area contributed by atoms with Crippen LogP contribution in [0.15, 0.2) is 16.6 Å². The molecule has 0 bridgehead atoms. The van der Waals surface area contributed by atoms with Gasteiger partial charge >= 0.3 is 0 Å². The fourth-order valence-corrected chi connectivity index (χ4v) is 3.17. The van der Waals surface area contributed by atoms with Crippen LogP contribution in [-0.2, 0) is 6.42 Å². The molecule has 1 atom stereocenters. The first-order chi connectivity index (χ1) is 9.22. The van der Waals surface area contributed by atoms with Crippen LogP contribution in [0, 0.1) is 0 Å². The van der Waals surface area contributed by atoms with E-state index in [-0.39, 0.29) is 0 Å². The molecule has 0 saturated heterocycles. The number of halogens is 1. The zero-order valence-electron chi connectivity index (χ0n) is 11.6. The Balaban J connectivity index is 1.94. The number of unbranched alkanes of at least 4 members (excludes halogenated alkanes) is 4. The molecule has 1 N–H and O–H groups in total. The van der Waals surface area contributed by atoms with Crippen LogP contribution in [0.25, 0.3) is 0 Å². The molecule has 1 unspecified atom stereocenters. The van der Waals surface area contributed by atoms with Crippen molar-refractivity contribution in [3.05, 3.63) is 27.7 Å². The zero-order chi connectivity index (χ0) is 13.7. The summed E-state index contributed by atoms with van der Waals surface area (Å²) < 4.78 is 6.71. The molecule has 1 aromatic carbocycles. The average Bonchev–Trinajstić information content (AvgIpc) is 2.85. The molecule has 1 aromatic rings. The minimum absolute atomic E-state index is 0.397. The number of hydrogen-bond donors (Lipinski definition) is 1. The highest BCUT2D eigenvalue weighted by molar-refractivity contribution is 9.10. The lowest BCUT2D eigenvalue weighted by atomic mass is 9.99. The summed E-state index contributed by atoms with van der Waals surface area (Å²) in [6.07, 6.45) is 7.51. The zero-order valence-corrected chi connectivity index (χ0v) is 13.2. The highest BCUT2D eigenvalue weighted by Gasteiger charge is 2.21. The first kappa shape index (κ1) is 14.9. The molecule has 2 rings (SSSR count). The largest absolute Gasteiger partial charge is 0.493 e. The topological polar surface area (TPSA) is 29.5 Å². The van der Waals surface area contributed by atoms with E-state index >= 15 is 0 Å². The van der Waals surface area contributed by atoms with Gasteiger partial charge in [0.05, 0.1) is 12.7 Å². The summed E-state index contributed by atoms with van der Waals surface area (Å²) in [7, 11) is 0. The van der Waals surface area contributed by atoms with Crippen LogP contribution in [0.5, 0.6) is 5.75 Å². The first-order valence-electron chi connectivity index (χ1n) is 7.35. The van der Waals surface area contributed by atoms with E-state index in [0.717, 1.165) is 41.7 Å². The number of fused-ring (bicyclic) bond motifs is 1. The van der Waals surface area contributed by atoms with E-state index < -0.39 is 6.10 Å². The summed E-state index contributed by atoms with van der Waals surface area (Å²) in [5.74, 6) is 0.921. The SMILES string of the molecule is CCCCCCCC(O)c1cc(Br)cc2c1OCC2. The van der Waals surface area contributed by atoms with Gasteiger partial charge in [0.25, 0.3) is 0 Å². The van der Waals surface area contributed by atoms with E-state index in [4.69, 9.17) is 4.74 Å². The fourth-order valence-electron chi connectivity index (χ4n) is 2.64. The van der Waals surface area contributed by atoms with Crippen LogP contribution in [0.4, 0.5) is 0 Å². The number of ether oxygens (including phenoxy) is 1. The lowest BCUT2D eigenvalue weighted by Gasteiger charge is -2.15. The average molecular weight is 327 g/mol. The van der Waals surface area contributed by atoms with E-state index in [0.29, 0.717) is 0 Å². The fraction of sp³-hybridized carbons (Fsp3) is 0.625. The number of benzene rings is 1. The summed E-state index contributed by atoms with van der Waals surface area (Å²) >= 11 is 3.52. The van der Waals surface area contributed by atoms with Crippen molar-refractivity contribution in [2.45, 2.75) is 58.0 Å². The number of rotatable bonds is 7. The summed E-state index contributed by atoms with van der Waals surface area (Å²) in [6.45, 7) is 2.96. The van der Waals surface area contributed by atoms with Gasteiger partial charge in [0.2, 0.25) is 0 Å². The normalized spacial score (nSPS) is 15.1. The molecule has 0 fully saturated rings. The molecular formula is C16H23BrO2. The van der Waals surface area contributed by atoms with Crippen molar-refractivity contribution in [2.75, 3.05) is 6.61 Å². The summed E-state index contributed by atoms with van der Waals surface area (Å²) in [4.78, 5) is 0. The number of aliphatic hydroxyl groups excluding tert-OH is 1. The third-order valence-electron chi connectivity index (χ3n) is 3.72. The Bertz CT molecular complexity index is 417. The molecule has 0 aromatic heterocycles. The number of aliphatic hydroxyl groups is 1. The second-order valence-electron chi connectivity index (χ2n) is 5.30.